The van der Waals surface area contributed by atoms with E-state index in [2.05, 4.69) is 20.9 Å². The van der Waals surface area contributed by atoms with Crippen molar-refractivity contribution in [2.45, 2.75) is 32.5 Å². The fourth-order valence-electron chi connectivity index (χ4n) is 1.88. The Hall–Kier alpha value is -1.67. The minimum atomic E-state index is -0.330. The summed E-state index contributed by atoms with van der Waals surface area (Å²) in [4.78, 5) is 11.8. The number of nitrogens with one attached hydrogen (secondary N) is 2. The second-order valence-corrected chi connectivity index (χ2v) is 4.20. The molecule has 19 heavy (non-hydrogen) atoms. The summed E-state index contributed by atoms with van der Waals surface area (Å²) in [6.45, 7) is 6.13. The third kappa shape index (κ3) is 3.65. The normalized spacial score (nSPS) is 22.4. The Kier molecular flexibility index (Phi) is 4.69. The van der Waals surface area contributed by atoms with Crippen LogP contribution in [0.15, 0.2) is 6.20 Å². The molecule has 2 heterocycles. The molecule has 0 aromatic carbocycles. The molecule has 1 aromatic heterocycles. The molecular weight excluding hydrogens is 250 g/mol. The van der Waals surface area contributed by atoms with Crippen molar-refractivity contribution in [2.75, 3.05) is 25.1 Å². The molecule has 2 rings (SSSR count). The van der Waals surface area contributed by atoms with Crippen LogP contribution in [0.1, 0.15) is 13.8 Å². The molecule has 1 aromatic rings. The lowest BCUT2D eigenvalue weighted by Gasteiger charge is -2.18. The number of rotatable bonds is 5. The molecule has 0 unspecified atom stereocenters. The van der Waals surface area contributed by atoms with Crippen LogP contribution < -0.4 is 10.6 Å². The summed E-state index contributed by atoms with van der Waals surface area (Å²) in [5.74, 6) is 0.422. The molecular formula is C11H19N5O3. The van der Waals surface area contributed by atoms with Crippen LogP contribution in [0.4, 0.5) is 10.6 Å². The van der Waals surface area contributed by atoms with Gasteiger partial charge in [-0.2, -0.15) is 0 Å². The number of carbonyl (C=O) groups is 1. The average molecular weight is 269 g/mol. The van der Waals surface area contributed by atoms with Crippen LogP contribution in [0.2, 0.25) is 0 Å². The number of hydrogen-bond donors (Lipinski definition) is 2. The van der Waals surface area contributed by atoms with Crippen molar-refractivity contribution >= 4 is 11.8 Å². The van der Waals surface area contributed by atoms with Gasteiger partial charge in [0.05, 0.1) is 25.5 Å². The van der Waals surface area contributed by atoms with E-state index in [0.29, 0.717) is 32.2 Å². The van der Waals surface area contributed by atoms with Gasteiger partial charge in [-0.25, -0.2) is 4.79 Å². The van der Waals surface area contributed by atoms with Crippen molar-refractivity contribution < 1.29 is 14.3 Å². The van der Waals surface area contributed by atoms with Crippen LogP contribution in [-0.4, -0.2) is 53.0 Å². The number of hydrogen-bond acceptors (Lipinski definition) is 5. The van der Waals surface area contributed by atoms with Gasteiger partial charge in [-0.3, -0.25) is 10.00 Å². The quantitative estimate of drug-likeness (QED) is 0.798. The van der Waals surface area contributed by atoms with E-state index in [-0.39, 0.29) is 18.2 Å². The first-order chi connectivity index (χ1) is 9.22. The zero-order chi connectivity index (χ0) is 13.7. The van der Waals surface area contributed by atoms with Gasteiger partial charge in [0.15, 0.2) is 5.82 Å². The standard InChI is InChI=1S/C11H19N5O3/c1-3-16-5-10(14-15-16)13-11(17)12-8-6-18-7-9(8)19-4-2/h5,8-9H,3-4,6-7H2,1-2H3,(H2,12,13,17)/t8-,9-/m0/s1. The van der Waals surface area contributed by atoms with E-state index in [9.17, 15) is 4.79 Å². The smallest absolute Gasteiger partial charge is 0.320 e. The van der Waals surface area contributed by atoms with Crippen LogP contribution in [0.5, 0.6) is 0 Å². The van der Waals surface area contributed by atoms with E-state index in [1.165, 1.54) is 0 Å². The minimum Gasteiger partial charge on any atom is -0.376 e. The zero-order valence-corrected chi connectivity index (χ0v) is 11.1. The average Bonchev–Trinajstić information content (AvgIpc) is 3.00. The van der Waals surface area contributed by atoms with Crippen molar-refractivity contribution in [3.05, 3.63) is 6.20 Å². The SMILES string of the molecule is CCO[C@H]1COC[C@@H]1NC(=O)Nc1cn(CC)nn1. The van der Waals surface area contributed by atoms with Crippen LogP contribution in [0.3, 0.4) is 0 Å². The topological polar surface area (TPSA) is 90.3 Å². The molecule has 2 N–H and O–H groups in total. The van der Waals surface area contributed by atoms with Gasteiger partial charge >= 0.3 is 6.03 Å². The number of aryl methyl sites for hydroxylation is 1. The Morgan fingerprint density at radius 3 is 3.11 bits per heavy atom. The number of carbonyl (C=O) groups excluding carboxylic acids is 1. The van der Waals surface area contributed by atoms with Crippen molar-refractivity contribution in [1.82, 2.24) is 20.3 Å². The van der Waals surface area contributed by atoms with Crippen LogP contribution >= 0.6 is 0 Å². The van der Waals surface area contributed by atoms with Gasteiger partial charge in [0.1, 0.15) is 6.10 Å². The lowest BCUT2D eigenvalue weighted by atomic mass is 10.2. The van der Waals surface area contributed by atoms with Crippen LogP contribution in [0.25, 0.3) is 0 Å². The number of aromatic nitrogens is 3. The summed E-state index contributed by atoms with van der Waals surface area (Å²) in [6, 6.07) is -0.468. The monoisotopic (exact) mass is 269 g/mol. The second kappa shape index (κ2) is 6.48. The third-order valence-electron chi connectivity index (χ3n) is 2.83. The van der Waals surface area contributed by atoms with E-state index in [1.54, 1.807) is 10.9 Å². The van der Waals surface area contributed by atoms with E-state index in [1.807, 2.05) is 13.8 Å². The summed E-state index contributed by atoms with van der Waals surface area (Å²) < 4.78 is 12.4. The number of amides is 2. The highest BCUT2D eigenvalue weighted by Crippen LogP contribution is 2.10. The zero-order valence-electron chi connectivity index (χ0n) is 11.1. The molecule has 0 saturated carbocycles. The summed E-state index contributed by atoms with van der Waals surface area (Å²) in [5, 5.41) is 13.1. The lowest BCUT2D eigenvalue weighted by Crippen LogP contribution is -2.45. The van der Waals surface area contributed by atoms with Crippen molar-refractivity contribution in [1.29, 1.82) is 0 Å². The molecule has 0 radical (unpaired) electrons. The maximum absolute atomic E-state index is 11.8. The molecule has 0 spiro atoms. The Labute approximate surface area is 111 Å². The summed E-state index contributed by atoms with van der Waals surface area (Å²) in [7, 11) is 0. The highest BCUT2D eigenvalue weighted by atomic mass is 16.5. The fraction of sp³-hybridized carbons (Fsp3) is 0.727. The first-order valence-electron chi connectivity index (χ1n) is 6.40. The van der Waals surface area contributed by atoms with E-state index < -0.39 is 0 Å². The van der Waals surface area contributed by atoms with Gasteiger partial charge < -0.3 is 14.8 Å². The molecule has 2 atom stereocenters. The fourth-order valence-corrected chi connectivity index (χ4v) is 1.88. The molecule has 106 valence electrons. The molecule has 8 heteroatoms. The molecule has 1 aliphatic heterocycles. The summed E-state index contributed by atoms with van der Waals surface area (Å²) >= 11 is 0. The first kappa shape index (κ1) is 13.8. The number of ether oxygens (including phenoxy) is 2. The van der Waals surface area contributed by atoms with Crippen LogP contribution in [-0.2, 0) is 16.0 Å². The number of anilines is 1. The molecule has 8 nitrogen and oxygen atoms in total. The Bertz CT molecular complexity index is 422. The van der Waals surface area contributed by atoms with Gasteiger partial charge in [0, 0.05) is 13.2 Å². The highest BCUT2D eigenvalue weighted by molar-refractivity contribution is 5.88. The van der Waals surface area contributed by atoms with Crippen molar-refractivity contribution in [3.8, 4) is 0 Å². The molecule has 0 aliphatic carbocycles. The lowest BCUT2D eigenvalue weighted by molar-refractivity contribution is 0.0428. The summed E-state index contributed by atoms with van der Waals surface area (Å²) in [5.41, 5.74) is 0. The van der Waals surface area contributed by atoms with Crippen molar-refractivity contribution in [3.63, 3.8) is 0 Å². The Morgan fingerprint density at radius 2 is 2.42 bits per heavy atom. The Balaban J connectivity index is 1.83. The highest BCUT2D eigenvalue weighted by Gasteiger charge is 2.30. The molecule has 1 saturated heterocycles. The van der Waals surface area contributed by atoms with Crippen molar-refractivity contribution in [2.24, 2.45) is 0 Å². The Morgan fingerprint density at radius 1 is 1.58 bits per heavy atom. The van der Waals surface area contributed by atoms with Gasteiger partial charge in [-0.15, -0.1) is 5.10 Å². The maximum Gasteiger partial charge on any atom is 0.320 e. The van der Waals surface area contributed by atoms with E-state index >= 15 is 0 Å². The second-order valence-electron chi connectivity index (χ2n) is 4.20. The van der Waals surface area contributed by atoms with Gasteiger partial charge in [0.25, 0.3) is 0 Å². The van der Waals surface area contributed by atoms with E-state index in [4.69, 9.17) is 9.47 Å². The predicted molar refractivity (Wildman–Crippen MR) is 67.9 cm³/mol. The van der Waals surface area contributed by atoms with Gasteiger partial charge in [-0.1, -0.05) is 5.21 Å². The van der Waals surface area contributed by atoms with E-state index in [0.717, 1.165) is 0 Å². The molecule has 1 aliphatic rings. The van der Waals surface area contributed by atoms with Gasteiger partial charge in [-0.05, 0) is 13.8 Å². The largest absolute Gasteiger partial charge is 0.376 e. The first-order valence-corrected chi connectivity index (χ1v) is 6.40. The van der Waals surface area contributed by atoms with Crippen LogP contribution in [0, 0.1) is 0 Å². The number of urea groups is 1. The molecule has 2 amide bonds. The minimum absolute atomic E-state index is 0.0953. The maximum atomic E-state index is 11.8. The predicted octanol–water partition coefficient (Wildman–Crippen LogP) is 0.223. The van der Waals surface area contributed by atoms with Gasteiger partial charge in [0.2, 0.25) is 0 Å². The third-order valence-corrected chi connectivity index (χ3v) is 2.83. The number of nitrogens with zero attached hydrogens (tertiary/aromatic N) is 3. The molecule has 0 bridgehead atoms. The summed E-state index contributed by atoms with van der Waals surface area (Å²) in [6.07, 6.45) is 1.58. The molecule has 1 fully saturated rings.